The van der Waals surface area contributed by atoms with Crippen LogP contribution in [0.3, 0.4) is 0 Å². The maximum Gasteiger partial charge on any atom is 0.340 e. The number of carbonyl (C=O) groups excluding carboxylic acids is 1. The molecule has 0 aliphatic rings. The van der Waals surface area contributed by atoms with E-state index >= 15 is 0 Å². The van der Waals surface area contributed by atoms with E-state index in [2.05, 4.69) is 4.74 Å². The molecule has 136 valence electrons. The quantitative estimate of drug-likeness (QED) is 0.522. The van der Waals surface area contributed by atoms with Gasteiger partial charge in [0, 0.05) is 25.4 Å². The molecule has 0 aliphatic heterocycles. The van der Waals surface area contributed by atoms with Gasteiger partial charge in [-0.1, -0.05) is 0 Å². The predicted octanol–water partition coefficient (Wildman–Crippen LogP) is 3.07. The van der Waals surface area contributed by atoms with Gasteiger partial charge in [0.1, 0.15) is 5.75 Å². The van der Waals surface area contributed by atoms with Crippen LogP contribution in [0.2, 0.25) is 0 Å². The highest BCUT2D eigenvalue weighted by Gasteiger charge is 2.41. The lowest BCUT2D eigenvalue weighted by Gasteiger charge is -2.16. The molecule has 0 bridgehead atoms. The second-order valence-electron chi connectivity index (χ2n) is 5.09. The molecule has 0 saturated heterocycles. The Kier molecular flexibility index (Phi) is 5.89. The minimum Gasteiger partial charge on any atom is -0.487 e. The molecule has 0 aliphatic carbocycles. The minimum absolute atomic E-state index is 0.00337. The average Bonchev–Trinajstić information content (AvgIpc) is 2.92. The van der Waals surface area contributed by atoms with Crippen LogP contribution in [0, 0.1) is 0 Å². The molecular formula is C15H13ClF4N2O3. The standard InChI is InChI=1S/C15H13ClF4N2O3/c16-12(23)5-6-21-7-8-22(14(21)24)10-1-3-11(4-2-10)25-9-15(19,20)13(17)18/h1-4,7-8,13H,5-6,9H2. The summed E-state index contributed by atoms with van der Waals surface area (Å²) < 4.78 is 56.9. The summed E-state index contributed by atoms with van der Waals surface area (Å²) in [6.45, 7) is -1.33. The van der Waals surface area contributed by atoms with Gasteiger partial charge < -0.3 is 4.74 Å². The summed E-state index contributed by atoms with van der Waals surface area (Å²) in [5, 5.41) is -0.568. The lowest BCUT2D eigenvalue weighted by Crippen LogP contribution is -2.33. The van der Waals surface area contributed by atoms with Crippen LogP contribution in [0.25, 0.3) is 5.69 Å². The number of aromatic nitrogens is 2. The van der Waals surface area contributed by atoms with E-state index in [1.165, 1.54) is 45.8 Å². The van der Waals surface area contributed by atoms with Gasteiger partial charge in [0.25, 0.3) is 0 Å². The van der Waals surface area contributed by atoms with Crippen molar-refractivity contribution in [1.82, 2.24) is 9.13 Å². The Hall–Kier alpha value is -2.29. The van der Waals surface area contributed by atoms with E-state index in [0.717, 1.165) is 0 Å². The molecule has 25 heavy (non-hydrogen) atoms. The summed E-state index contributed by atoms with van der Waals surface area (Å²) in [7, 11) is 0. The van der Waals surface area contributed by atoms with Crippen LogP contribution in [0.4, 0.5) is 17.6 Å². The summed E-state index contributed by atoms with van der Waals surface area (Å²) in [5.41, 5.74) is -0.00950. The number of carbonyl (C=O) groups is 1. The molecule has 0 fully saturated rings. The van der Waals surface area contributed by atoms with Crippen molar-refractivity contribution < 1.29 is 27.1 Å². The normalized spacial score (nSPS) is 11.8. The molecule has 2 aromatic rings. The van der Waals surface area contributed by atoms with E-state index in [1.807, 2.05) is 0 Å². The van der Waals surface area contributed by atoms with Crippen LogP contribution >= 0.6 is 11.6 Å². The topological polar surface area (TPSA) is 53.2 Å². The summed E-state index contributed by atoms with van der Waals surface area (Å²) in [6.07, 6.45) is -0.890. The highest BCUT2D eigenvalue weighted by Crippen LogP contribution is 2.24. The van der Waals surface area contributed by atoms with Crippen molar-refractivity contribution >= 4 is 16.8 Å². The molecule has 0 saturated carbocycles. The first-order chi connectivity index (χ1) is 11.7. The number of benzene rings is 1. The number of alkyl halides is 4. The second-order valence-corrected chi connectivity index (χ2v) is 5.52. The van der Waals surface area contributed by atoms with E-state index in [9.17, 15) is 27.2 Å². The molecule has 0 spiro atoms. The number of aryl methyl sites for hydroxylation is 1. The van der Waals surface area contributed by atoms with Crippen LogP contribution in [0.15, 0.2) is 41.5 Å². The molecule has 1 aromatic heterocycles. The Bertz CT molecular complexity index is 787. The van der Waals surface area contributed by atoms with Crippen LogP contribution in [-0.2, 0) is 11.3 Å². The van der Waals surface area contributed by atoms with E-state index < -0.39 is 29.9 Å². The van der Waals surface area contributed by atoms with E-state index in [-0.39, 0.29) is 18.7 Å². The highest BCUT2D eigenvalue weighted by molar-refractivity contribution is 6.63. The van der Waals surface area contributed by atoms with Crippen LogP contribution < -0.4 is 10.4 Å². The monoisotopic (exact) mass is 380 g/mol. The van der Waals surface area contributed by atoms with Gasteiger partial charge in [0.15, 0.2) is 6.61 Å². The van der Waals surface area contributed by atoms with Crippen molar-refractivity contribution in [1.29, 1.82) is 0 Å². The van der Waals surface area contributed by atoms with Crippen LogP contribution in [0.1, 0.15) is 6.42 Å². The van der Waals surface area contributed by atoms with E-state index in [4.69, 9.17) is 11.6 Å². The zero-order valence-corrected chi connectivity index (χ0v) is 13.4. The second kappa shape index (κ2) is 7.73. The number of nitrogens with zero attached hydrogens (tertiary/aromatic N) is 2. The van der Waals surface area contributed by atoms with Gasteiger partial charge in [0.05, 0.1) is 5.69 Å². The number of halogens is 5. The van der Waals surface area contributed by atoms with Crippen molar-refractivity contribution in [3.8, 4) is 11.4 Å². The van der Waals surface area contributed by atoms with Gasteiger partial charge in [-0.3, -0.25) is 13.9 Å². The molecule has 1 heterocycles. The summed E-state index contributed by atoms with van der Waals surface area (Å²) in [5.74, 6) is -4.28. The molecule has 0 radical (unpaired) electrons. The van der Waals surface area contributed by atoms with Crippen molar-refractivity contribution in [3.63, 3.8) is 0 Å². The Morgan fingerprint density at radius 3 is 2.40 bits per heavy atom. The fourth-order valence-corrected chi connectivity index (χ4v) is 2.02. The molecule has 0 atom stereocenters. The summed E-state index contributed by atoms with van der Waals surface area (Å²) in [4.78, 5) is 22.9. The first-order valence-electron chi connectivity index (χ1n) is 7.06. The van der Waals surface area contributed by atoms with Gasteiger partial charge >= 0.3 is 18.0 Å². The number of hydrogen-bond acceptors (Lipinski definition) is 3. The fourth-order valence-electron chi connectivity index (χ4n) is 1.93. The smallest absolute Gasteiger partial charge is 0.340 e. The number of ether oxygens (including phenoxy) is 1. The van der Waals surface area contributed by atoms with Gasteiger partial charge in [-0.2, -0.15) is 8.78 Å². The third-order valence-corrected chi connectivity index (χ3v) is 3.45. The van der Waals surface area contributed by atoms with Crippen molar-refractivity contribution in [2.75, 3.05) is 6.61 Å². The van der Waals surface area contributed by atoms with Crippen LogP contribution in [-0.4, -0.2) is 33.3 Å². The molecule has 0 unspecified atom stereocenters. The van der Waals surface area contributed by atoms with E-state index in [0.29, 0.717) is 5.69 Å². The molecule has 2 rings (SSSR count). The zero-order chi connectivity index (χ0) is 18.6. The molecular weight excluding hydrogens is 368 g/mol. The molecule has 5 nitrogen and oxygen atoms in total. The van der Waals surface area contributed by atoms with Crippen molar-refractivity contribution in [2.24, 2.45) is 0 Å². The van der Waals surface area contributed by atoms with Gasteiger partial charge in [-0.05, 0) is 35.9 Å². The first-order valence-corrected chi connectivity index (χ1v) is 7.44. The van der Waals surface area contributed by atoms with Gasteiger partial charge in [0.2, 0.25) is 5.24 Å². The third kappa shape index (κ3) is 4.85. The number of rotatable bonds is 8. The Morgan fingerprint density at radius 2 is 1.84 bits per heavy atom. The lowest BCUT2D eigenvalue weighted by atomic mass is 10.3. The predicted molar refractivity (Wildman–Crippen MR) is 82.0 cm³/mol. The molecule has 0 amide bonds. The Balaban J connectivity index is 2.08. The average molecular weight is 381 g/mol. The minimum atomic E-state index is -4.24. The zero-order valence-electron chi connectivity index (χ0n) is 12.7. The van der Waals surface area contributed by atoms with Gasteiger partial charge in [-0.25, -0.2) is 13.6 Å². The summed E-state index contributed by atoms with van der Waals surface area (Å²) in [6, 6.07) is 5.38. The third-order valence-electron chi connectivity index (χ3n) is 3.26. The van der Waals surface area contributed by atoms with Crippen LogP contribution in [0.5, 0.6) is 5.75 Å². The SMILES string of the molecule is O=C(Cl)CCn1ccn(-c2ccc(OCC(F)(F)C(F)F)cc2)c1=O. The van der Waals surface area contributed by atoms with E-state index in [1.54, 1.807) is 0 Å². The van der Waals surface area contributed by atoms with Gasteiger partial charge in [-0.15, -0.1) is 0 Å². The number of hydrogen-bond donors (Lipinski definition) is 0. The van der Waals surface area contributed by atoms with Crippen molar-refractivity contribution in [2.45, 2.75) is 25.3 Å². The summed E-state index contributed by atoms with van der Waals surface area (Å²) >= 11 is 5.23. The highest BCUT2D eigenvalue weighted by atomic mass is 35.5. The fraction of sp³-hybridized carbons (Fsp3) is 0.333. The molecule has 0 N–H and O–H groups in total. The largest absolute Gasteiger partial charge is 0.487 e. The number of imidazole rings is 1. The Morgan fingerprint density at radius 1 is 1.20 bits per heavy atom. The first kappa shape index (κ1) is 19.0. The molecule has 10 heteroatoms. The Labute approximate surface area is 144 Å². The van der Waals surface area contributed by atoms with Crippen molar-refractivity contribution in [3.05, 3.63) is 47.1 Å². The maximum atomic E-state index is 12.8. The lowest BCUT2D eigenvalue weighted by molar-refractivity contribution is -0.148. The molecule has 1 aromatic carbocycles. The maximum absolute atomic E-state index is 12.8.